The van der Waals surface area contributed by atoms with Gasteiger partial charge in [-0.15, -0.1) is 0 Å². The van der Waals surface area contributed by atoms with Gasteiger partial charge >= 0.3 is 0 Å². The number of aromatic nitrogens is 3. The molecule has 2 atom stereocenters. The monoisotopic (exact) mass is 263 g/mol. The van der Waals surface area contributed by atoms with E-state index in [0.29, 0.717) is 17.2 Å². The Hall–Kier alpha value is -1.33. The van der Waals surface area contributed by atoms with E-state index in [2.05, 4.69) is 25.4 Å². The van der Waals surface area contributed by atoms with Crippen LogP contribution in [0.2, 0.25) is 5.15 Å². The van der Waals surface area contributed by atoms with Crippen LogP contribution >= 0.6 is 11.6 Å². The van der Waals surface area contributed by atoms with E-state index in [-0.39, 0.29) is 0 Å². The van der Waals surface area contributed by atoms with Crippen molar-refractivity contribution in [1.82, 2.24) is 20.5 Å². The van der Waals surface area contributed by atoms with E-state index in [9.17, 15) is 0 Å². The van der Waals surface area contributed by atoms with Crippen molar-refractivity contribution in [2.45, 2.75) is 24.9 Å². The van der Waals surface area contributed by atoms with Crippen molar-refractivity contribution in [3.05, 3.63) is 17.4 Å². The Balaban J connectivity index is 1.78. The van der Waals surface area contributed by atoms with Crippen LogP contribution in [0, 0.1) is 0 Å². The van der Waals surface area contributed by atoms with E-state index < -0.39 is 0 Å². The van der Waals surface area contributed by atoms with Crippen LogP contribution in [-0.2, 0) is 0 Å². The Morgan fingerprint density at radius 2 is 2.33 bits per heavy atom. The van der Waals surface area contributed by atoms with Gasteiger partial charge in [-0.25, -0.2) is 4.98 Å². The summed E-state index contributed by atoms with van der Waals surface area (Å²) in [5.74, 6) is 1.02. The number of nitrogens with one attached hydrogen (secondary N) is 2. The van der Waals surface area contributed by atoms with Crippen LogP contribution in [0.1, 0.15) is 12.8 Å². The maximum Gasteiger partial charge on any atom is 0.160 e. The van der Waals surface area contributed by atoms with E-state index in [1.165, 1.54) is 12.8 Å². The van der Waals surface area contributed by atoms with Gasteiger partial charge in [-0.1, -0.05) is 11.6 Å². The second-order valence-electron chi connectivity index (χ2n) is 5.09. The van der Waals surface area contributed by atoms with E-state index in [4.69, 9.17) is 11.6 Å². The number of rotatable bonds is 1. The molecule has 5 heterocycles. The summed E-state index contributed by atoms with van der Waals surface area (Å²) in [5, 5.41) is 12.6. The number of pyridine rings is 1. The van der Waals surface area contributed by atoms with Gasteiger partial charge < -0.3 is 10.2 Å². The first-order chi connectivity index (χ1) is 8.81. The van der Waals surface area contributed by atoms with Gasteiger partial charge in [-0.05, 0) is 12.8 Å². The fourth-order valence-corrected chi connectivity index (χ4v) is 3.22. The normalized spacial score (nSPS) is 27.1. The molecule has 5 nitrogen and oxygen atoms in total. The fourth-order valence-electron chi connectivity index (χ4n) is 3.06. The summed E-state index contributed by atoms with van der Waals surface area (Å²) in [7, 11) is 0. The van der Waals surface area contributed by atoms with Crippen LogP contribution < -0.4 is 10.2 Å². The molecule has 0 aromatic carbocycles. The second-order valence-corrected chi connectivity index (χ2v) is 5.48. The van der Waals surface area contributed by atoms with Gasteiger partial charge in [-0.3, -0.25) is 5.10 Å². The molecule has 0 amide bonds. The maximum absolute atomic E-state index is 5.89. The third kappa shape index (κ3) is 1.51. The molecule has 0 saturated carbocycles. The lowest BCUT2D eigenvalue weighted by Gasteiger charge is -2.46. The van der Waals surface area contributed by atoms with Gasteiger partial charge in [0.2, 0.25) is 0 Å². The summed E-state index contributed by atoms with van der Waals surface area (Å²) in [6, 6.07) is 2.98. The Morgan fingerprint density at radius 1 is 1.39 bits per heavy atom. The average molecular weight is 264 g/mol. The van der Waals surface area contributed by atoms with Crippen LogP contribution in [0.3, 0.4) is 0 Å². The third-order valence-electron chi connectivity index (χ3n) is 4.01. The molecule has 5 rings (SSSR count). The zero-order chi connectivity index (χ0) is 12.1. The van der Waals surface area contributed by atoms with Crippen molar-refractivity contribution < 1.29 is 0 Å². The van der Waals surface area contributed by atoms with E-state index >= 15 is 0 Å². The van der Waals surface area contributed by atoms with Gasteiger partial charge in [0.05, 0.1) is 10.9 Å². The molecule has 0 aliphatic carbocycles. The standard InChI is InChI=1S/C12H14ClN5/c13-11-3-10-9(5-15-11)12(17-16-10)18-6-7-1-2-8(18)4-14-7/h3,5,7-8,14H,1-2,4,6H2,(H,16,17). The number of fused-ring (bicyclic) bond motifs is 4. The molecular weight excluding hydrogens is 250 g/mol. The predicted octanol–water partition coefficient (Wildman–Crippen LogP) is 1.55. The third-order valence-corrected chi connectivity index (χ3v) is 4.22. The molecule has 3 aliphatic heterocycles. The Kier molecular flexibility index (Phi) is 2.25. The van der Waals surface area contributed by atoms with Gasteiger partial charge in [0.1, 0.15) is 5.15 Å². The summed E-state index contributed by atoms with van der Waals surface area (Å²) >= 11 is 5.89. The molecule has 2 aromatic heterocycles. The number of hydrogen-bond donors (Lipinski definition) is 2. The van der Waals surface area contributed by atoms with Crippen LogP contribution in [0.4, 0.5) is 5.82 Å². The zero-order valence-corrected chi connectivity index (χ0v) is 10.6. The van der Waals surface area contributed by atoms with Crippen molar-refractivity contribution in [3.63, 3.8) is 0 Å². The molecule has 0 spiro atoms. The minimum absolute atomic E-state index is 0.500. The van der Waals surface area contributed by atoms with Gasteiger partial charge in [0.25, 0.3) is 0 Å². The molecule has 3 fully saturated rings. The first-order valence-electron chi connectivity index (χ1n) is 6.31. The van der Waals surface area contributed by atoms with Gasteiger partial charge in [0, 0.05) is 37.4 Å². The highest BCUT2D eigenvalue weighted by atomic mass is 35.5. The molecule has 0 radical (unpaired) electrons. The number of halogens is 1. The topological polar surface area (TPSA) is 56.8 Å². The van der Waals surface area contributed by atoms with Crippen LogP contribution in [-0.4, -0.2) is 40.4 Å². The van der Waals surface area contributed by atoms with E-state index in [1.54, 1.807) is 0 Å². The number of hydrogen-bond acceptors (Lipinski definition) is 4. The highest BCUT2D eigenvalue weighted by Gasteiger charge is 2.35. The van der Waals surface area contributed by atoms with Crippen molar-refractivity contribution in [1.29, 1.82) is 0 Å². The Morgan fingerprint density at radius 3 is 3.06 bits per heavy atom. The number of aromatic amines is 1. The molecule has 2 bridgehead atoms. The minimum atomic E-state index is 0.500. The number of nitrogens with zero attached hydrogens (tertiary/aromatic N) is 3. The molecule has 2 N–H and O–H groups in total. The summed E-state index contributed by atoms with van der Waals surface area (Å²) in [6.45, 7) is 2.09. The van der Waals surface area contributed by atoms with Crippen molar-refractivity contribution in [2.24, 2.45) is 0 Å². The molecular formula is C12H14ClN5. The zero-order valence-electron chi connectivity index (χ0n) is 9.86. The second kappa shape index (κ2) is 3.83. The SMILES string of the molecule is Clc1cc2[nH]nc(N3CC4CCC3CN4)c2cn1. The highest BCUT2D eigenvalue weighted by Crippen LogP contribution is 2.31. The molecule has 3 aliphatic rings. The predicted molar refractivity (Wildman–Crippen MR) is 71.1 cm³/mol. The molecule has 3 saturated heterocycles. The smallest absolute Gasteiger partial charge is 0.160 e. The lowest BCUT2D eigenvalue weighted by molar-refractivity contribution is 0.289. The van der Waals surface area contributed by atoms with E-state index in [1.807, 2.05) is 12.3 Å². The quantitative estimate of drug-likeness (QED) is 0.767. The Labute approximate surface area is 110 Å². The molecule has 6 heteroatoms. The summed E-state index contributed by atoms with van der Waals surface area (Å²) < 4.78 is 0. The number of anilines is 1. The molecule has 2 unspecified atom stereocenters. The largest absolute Gasteiger partial charge is 0.349 e. The highest BCUT2D eigenvalue weighted by molar-refractivity contribution is 6.30. The summed E-state index contributed by atoms with van der Waals surface area (Å²) in [6.07, 6.45) is 4.33. The lowest BCUT2D eigenvalue weighted by Crippen LogP contribution is -2.61. The molecule has 2 aromatic rings. The van der Waals surface area contributed by atoms with E-state index in [0.717, 1.165) is 29.8 Å². The number of piperidine rings is 2. The number of piperazine rings is 1. The van der Waals surface area contributed by atoms with Crippen molar-refractivity contribution >= 4 is 28.3 Å². The fraction of sp³-hybridized carbons (Fsp3) is 0.500. The first-order valence-corrected chi connectivity index (χ1v) is 6.69. The van der Waals surface area contributed by atoms with Crippen LogP contribution in [0.25, 0.3) is 10.9 Å². The summed E-state index contributed by atoms with van der Waals surface area (Å²) in [5.41, 5.74) is 0.958. The Bertz CT molecular complexity index is 587. The van der Waals surface area contributed by atoms with Crippen molar-refractivity contribution in [2.75, 3.05) is 18.0 Å². The average Bonchev–Trinajstić information content (AvgIpc) is 2.82. The van der Waals surface area contributed by atoms with Gasteiger partial charge in [-0.2, -0.15) is 5.10 Å². The van der Waals surface area contributed by atoms with Crippen molar-refractivity contribution in [3.8, 4) is 0 Å². The van der Waals surface area contributed by atoms with Crippen LogP contribution in [0.15, 0.2) is 12.3 Å². The van der Waals surface area contributed by atoms with Crippen LogP contribution in [0.5, 0.6) is 0 Å². The molecule has 94 valence electrons. The number of H-pyrrole nitrogens is 1. The molecule has 18 heavy (non-hydrogen) atoms. The minimum Gasteiger partial charge on any atom is -0.349 e. The van der Waals surface area contributed by atoms with Gasteiger partial charge in [0.15, 0.2) is 5.82 Å². The lowest BCUT2D eigenvalue weighted by atomic mass is 9.93. The maximum atomic E-state index is 5.89. The first kappa shape index (κ1) is 10.6. The summed E-state index contributed by atoms with van der Waals surface area (Å²) in [4.78, 5) is 6.56.